The van der Waals surface area contributed by atoms with Crippen molar-refractivity contribution in [2.45, 2.75) is 271 Å². The smallest absolute Gasteiger partial charge is 0.310 e. The van der Waals surface area contributed by atoms with Crippen LogP contribution < -0.4 is 0 Å². The van der Waals surface area contributed by atoms with Crippen LogP contribution >= 0.6 is 0 Å². The number of hydrogen-bond acceptors (Lipinski definition) is 6. The summed E-state index contributed by atoms with van der Waals surface area (Å²) in [7, 11) is 0. The molecule has 1 unspecified atom stereocenters. The zero-order valence-corrected chi connectivity index (χ0v) is 52.0. The molecule has 0 radical (unpaired) electrons. The molecule has 1 atom stereocenters. The van der Waals surface area contributed by atoms with Gasteiger partial charge < -0.3 is 14.2 Å². The number of carbonyl (C=O) groups excluding carboxylic acids is 3. The van der Waals surface area contributed by atoms with Gasteiger partial charge in [-0.1, -0.05) is 306 Å². The molecule has 0 saturated carbocycles. The fourth-order valence-electron chi connectivity index (χ4n) is 8.52. The van der Waals surface area contributed by atoms with Crippen molar-refractivity contribution in [2.75, 3.05) is 13.2 Å². The number of carbonyl (C=O) groups is 3. The van der Waals surface area contributed by atoms with Crippen LogP contribution in [0, 0.1) is 0 Å². The Morgan fingerprint density at radius 1 is 0.259 bits per heavy atom. The number of hydrogen-bond donors (Lipinski definition) is 0. The Bertz CT molecular complexity index is 1860. The minimum absolute atomic E-state index is 0.0717. The Morgan fingerprint density at radius 2 is 0.494 bits per heavy atom. The molecule has 0 rings (SSSR count). The largest absolute Gasteiger partial charge is 0.462 e. The first-order valence-electron chi connectivity index (χ1n) is 32.6. The summed E-state index contributed by atoms with van der Waals surface area (Å²) < 4.78 is 16.7. The van der Waals surface area contributed by atoms with Crippen molar-refractivity contribution in [3.8, 4) is 0 Å². The van der Waals surface area contributed by atoms with Gasteiger partial charge in [0.25, 0.3) is 0 Å². The maximum Gasteiger partial charge on any atom is 0.310 e. The van der Waals surface area contributed by atoms with E-state index in [2.05, 4.69) is 167 Å². The molecule has 0 aromatic heterocycles. The highest BCUT2D eigenvalue weighted by Gasteiger charge is 2.19. The summed E-state index contributed by atoms with van der Waals surface area (Å²) in [6, 6.07) is 0. The van der Waals surface area contributed by atoms with Crippen LogP contribution in [0.3, 0.4) is 0 Å². The SMILES string of the molecule is CC/C=C\C/C=C\C/C=C\C/C=C\C/C=C\CC(=O)OCC(COC(=O)CCCCCCCCCCCCCCCCCCCCCC/C=C\C/C=C\C/C=C\C/C=C\CC)OC(=O)C/C=C\C/C=C\C/C=C\C/C=C\C/C=C\CC. The fourth-order valence-corrected chi connectivity index (χ4v) is 8.52. The van der Waals surface area contributed by atoms with Gasteiger partial charge in [0.2, 0.25) is 0 Å². The van der Waals surface area contributed by atoms with Crippen LogP contribution in [0.1, 0.15) is 265 Å². The molecular weight excluding hydrogens is 997 g/mol. The monoisotopic (exact) mass is 1110 g/mol. The van der Waals surface area contributed by atoms with Crippen LogP contribution in [0.15, 0.2) is 170 Å². The van der Waals surface area contributed by atoms with E-state index in [0.29, 0.717) is 19.3 Å². The van der Waals surface area contributed by atoms with E-state index in [1.54, 1.807) is 12.2 Å². The van der Waals surface area contributed by atoms with E-state index >= 15 is 0 Å². The molecule has 0 aliphatic carbocycles. The molecule has 6 nitrogen and oxygen atoms in total. The molecule has 81 heavy (non-hydrogen) atoms. The fraction of sp³-hybridized carbons (Fsp3) is 0.587. The van der Waals surface area contributed by atoms with Crippen molar-refractivity contribution in [3.63, 3.8) is 0 Å². The van der Waals surface area contributed by atoms with Crippen LogP contribution in [0.2, 0.25) is 0 Å². The van der Waals surface area contributed by atoms with Gasteiger partial charge in [-0.05, 0) is 109 Å². The second kappa shape index (κ2) is 67.3. The van der Waals surface area contributed by atoms with E-state index in [1.165, 1.54) is 116 Å². The van der Waals surface area contributed by atoms with Gasteiger partial charge in [-0.15, -0.1) is 0 Å². The predicted octanol–water partition coefficient (Wildman–Crippen LogP) is 22.7. The van der Waals surface area contributed by atoms with E-state index in [1.807, 2.05) is 12.2 Å². The van der Waals surface area contributed by atoms with Crippen molar-refractivity contribution in [1.29, 1.82) is 0 Å². The van der Waals surface area contributed by atoms with Crippen molar-refractivity contribution in [1.82, 2.24) is 0 Å². The molecule has 0 spiro atoms. The highest BCUT2D eigenvalue weighted by Crippen LogP contribution is 2.16. The Labute approximate surface area is 498 Å². The van der Waals surface area contributed by atoms with E-state index in [4.69, 9.17) is 14.2 Å². The topological polar surface area (TPSA) is 78.9 Å². The van der Waals surface area contributed by atoms with Gasteiger partial charge >= 0.3 is 17.9 Å². The van der Waals surface area contributed by atoms with Gasteiger partial charge in [-0.25, -0.2) is 0 Å². The zero-order chi connectivity index (χ0) is 58.5. The molecule has 0 aromatic rings. The quantitative estimate of drug-likeness (QED) is 0.0261. The third-order valence-corrected chi connectivity index (χ3v) is 13.3. The summed E-state index contributed by atoms with van der Waals surface area (Å²) >= 11 is 0. The van der Waals surface area contributed by atoms with Gasteiger partial charge in [0.1, 0.15) is 13.2 Å². The number of allylic oxidation sites excluding steroid dienone is 26. The lowest BCUT2D eigenvalue weighted by Crippen LogP contribution is -2.30. The van der Waals surface area contributed by atoms with Gasteiger partial charge in [0.15, 0.2) is 6.10 Å². The standard InChI is InChI=1S/C75H118O6/c1-4-7-10-13-16-19-22-25-28-29-30-31-32-33-34-35-36-37-38-39-40-41-42-43-44-45-48-50-53-56-59-62-65-68-74(77)80-71-72(81-75(78)69-66-63-60-57-54-51-47-27-24-21-18-15-12-9-6-3)70-79-73(76)67-64-61-58-55-52-49-46-26-23-20-17-14-11-8-5-2/h7-12,16-21,25-28,30-31,46-47,52,54-55,57,61,63-64,66,72H,4-6,13-15,22-24,29,32-45,48-51,53,56,58-60,62,65,67-71H2,1-3H3/b10-7-,11-8-,12-9-,19-16-,20-17-,21-18-,28-25-,31-30-,46-26-,47-27-,55-52-,57-54-,64-61-,66-63-. The minimum atomic E-state index is -0.879. The molecule has 0 amide bonds. The molecule has 454 valence electrons. The Morgan fingerprint density at radius 3 is 0.802 bits per heavy atom. The summed E-state index contributed by atoms with van der Waals surface area (Å²) in [5, 5.41) is 0. The van der Waals surface area contributed by atoms with Crippen LogP contribution in [0.5, 0.6) is 0 Å². The van der Waals surface area contributed by atoms with Crippen LogP contribution in [-0.4, -0.2) is 37.2 Å². The third-order valence-electron chi connectivity index (χ3n) is 13.3. The molecule has 0 bridgehead atoms. The molecule has 0 saturated heterocycles. The molecule has 0 heterocycles. The first kappa shape index (κ1) is 75.8. The first-order chi connectivity index (χ1) is 40.0. The number of esters is 3. The molecule has 0 fully saturated rings. The minimum Gasteiger partial charge on any atom is -0.462 e. The predicted molar refractivity (Wildman–Crippen MR) is 352 cm³/mol. The van der Waals surface area contributed by atoms with Crippen molar-refractivity contribution in [2.24, 2.45) is 0 Å². The Kier molecular flexibility index (Phi) is 62.9. The van der Waals surface area contributed by atoms with E-state index in [-0.39, 0.29) is 32.0 Å². The molecule has 0 aliphatic rings. The summed E-state index contributed by atoms with van der Waals surface area (Å²) in [4.78, 5) is 38.1. The number of rotatable bonds is 57. The molecule has 0 N–H and O–H groups in total. The first-order valence-corrected chi connectivity index (χ1v) is 32.6. The van der Waals surface area contributed by atoms with Crippen molar-refractivity contribution < 1.29 is 28.6 Å². The van der Waals surface area contributed by atoms with Gasteiger partial charge in [0, 0.05) is 6.42 Å². The molecule has 6 heteroatoms. The van der Waals surface area contributed by atoms with Crippen LogP contribution in [0.4, 0.5) is 0 Å². The summed E-state index contributed by atoms with van der Waals surface area (Å²) in [6.45, 7) is 6.12. The van der Waals surface area contributed by atoms with Crippen molar-refractivity contribution >= 4 is 17.9 Å². The van der Waals surface area contributed by atoms with Gasteiger partial charge in [-0.2, -0.15) is 0 Å². The molecular formula is C75H118O6. The second-order valence-electron chi connectivity index (χ2n) is 20.9. The lowest BCUT2D eigenvalue weighted by molar-refractivity contribution is -0.166. The average Bonchev–Trinajstić information content (AvgIpc) is 3.47. The summed E-state index contributed by atoms with van der Waals surface area (Å²) in [6.07, 6.45) is 100. The second-order valence-corrected chi connectivity index (χ2v) is 20.9. The van der Waals surface area contributed by atoms with Crippen LogP contribution in [-0.2, 0) is 28.6 Å². The highest BCUT2D eigenvalue weighted by molar-refractivity contribution is 5.72. The van der Waals surface area contributed by atoms with E-state index < -0.39 is 18.0 Å². The maximum atomic E-state index is 12.8. The van der Waals surface area contributed by atoms with E-state index in [9.17, 15) is 14.4 Å². The zero-order valence-electron chi connectivity index (χ0n) is 52.0. The summed E-state index contributed by atoms with van der Waals surface area (Å²) in [5.41, 5.74) is 0. The van der Waals surface area contributed by atoms with Crippen LogP contribution in [0.25, 0.3) is 0 Å². The summed E-state index contributed by atoms with van der Waals surface area (Å²) in [5.74, 6) is -1.22. The lowest BCUT2D eigenvalue weighted by atomic mass is 10.0. The molecule has 0 aromatic carbocycles. The Balaban J connectivity index is 4.30. The number of unbranched alkanes of at least 4 members (excludes halogenated alkanes) is 20. The van der Waals surface area contributed by atoms with Gasteiger partial charge in [0.05, 0.1) is 12.8 Å². The lowest BCUT2D eigenvalue weighted by Gasteiger charge is -2.17. The number of ether oxygens (including phenoxy) is 3. The Hall–Kier alpha value is -5.23. The molecule has 0 aliphatic heterocycles. The van der Waals surface area contributed by atoms with E-state index in [0.717, 1.165) is 96.3 Å². The third kappa shape index (κ3) is 65.5. The normalized spacial score (nSPS) is 13.3. The highest BCUT2D eigenvalue weighted by atomic mass is 16.6. The maximum absolute atomic E-state index is 12.8. The van der Waals surface area contributed by atoms with Gasteiger partial charge in [-0.3, -0.25) is 14.4 Å². The average molecular weight is 1120 g/mol. The van der Waals surface area contributed by atoms with Crippen molar-refractivity contribution in [3.05, 3.63) is 170 Å².